The van der Waals surface area contributed by atoms with Crippen molar-refractivity contribution in [3.8, 4) is 11.5 Å². The van der Waals surface area contributed by atoms with Crippen LogP contribution >= 0.6 is 22.6 Å². The number of benzene rings is 3. The van der Waals surface area contributed by atoms with Crippen LogP contribution in [0.15, 0.2) is 59.7 Å². The maximum atomic E-state index is 12.9. The van der Waals surface area contributed by atoms with Gasteiger partial charge >= 0.3 is 18.0 Å². The topological polar surface area (TPSA) is 118 Å². The van der Waals surface area contributed by atoms with E-state index in [4.69, 9.17) is 9.47 Å². The number of nitrogens with zero attached hydrogens (tertiary/aromatic N) is 1. The lowest BCUT2D eigenvalue weighted by atomic mass is 10.1. The van der Waals surface area contributed by atoms with Gasteiger partial charge in [0.15, 0.2) is 18.1 Å². The van der Waals surface area contributed by atoms with Crippen molar-refractivity contribution in [2.45, 2.75) is 20.0 Å². The van der Waals surface area contributed by atoms with Gasteiger partial charge in [-0.05, 0) is 89.5 Å². The first-order valence-electron chi connectivity index (χ1n) is 11.6. The number of ether oxygens (including phenoxy) is 2. The Labute approximate surface area is 241 Å². The number of rotatable bonds is 8. The van der Waals surface area contributed by atoms with Gasteiger partial charge in [0, 0.05) is 11.4 Å². The number of aryl methyl sites for hydroxylation is 1. The average Bonchev–Trinajstić information content (AvgIpc) is 2.90. The van der Waals surface area contributed by atoms with E-state index in [1.807, 2.05) is 42.5 Å². The zero-order valence-electron chi connectivity index (χ0n) is 21.5. The summed E-state index contributed by atoms with van der Waals surface area (Å²) in [7, 11) is 1.38. The predicted molar refractivity (Wildman–Crippen MR) is 152 cm³/mol. The number of halogens is 4. The van der Waals surface area contributed by atoms with Gasteiger partial charge < -0.3 is 20.1 Å². The Hall–Kier alpha value is -4.14. The third-order valence-electron chi connectivity index (χ3n) is 5.51. The third-order valence-corrected chi connectivity index (χ3v) is 6.31. The van der Waals surface area contributed by atoms with Crippen molar-refractivity contribution in [3.63, 3.8) is 0 Å². The molecule has 3 aromatic carbocycles. The van der Waals surface area contributed by atoms with Crippen molar-refractivity contribution in [1.29, 1.82) is 0 Å². The molecule has 0 aliphatic carbocycles. The summed E-state index contributed by atoms with van der Waals surface area (Å²) in [6.45, 7) is 3.21. The molecule has 9 nitrogen and oxygen atoms in total. The van der Waals surface area contributed by atoms with Crippen LogP contribution in [-0.4, -0.2) is 37.7 Å². The first-order valence-corrected chi connectivity index (χ1v) is 12.6. The van der Waals surface area contributed by atoms with E-state index in [2.05, 4.69) is 21.2 Å². The van der Waals surface area contributed by atoms with Crippen LogP contribution in [0, 0.1) is 17.4 Å². The molecule has 3 rings (SSSR count). The van der Waals surface area contributed by atoms with E-state index in [9.17, 15) is 27.6 Å². The van der Waals surface area contributed by atoms with Crippen molar-refractivity contribution in [2.24, 2.45) is 5.10 Å². The van der Waals surface area contributed by atoms with Gasteiger partial charge in [-0.1, -0.05) is 18.2 Å². The highest BCUT2D eigenvalue weighted by Gasteiger charge is 2.30. The largest absolute Gasteiger partial charge is 0.493 e. The molecule has 0 aromatic heterocycles. The van der Waals surface area contributed by atoms with E-state index < -0.39 is 36.1 Å². The van der Waals surface area contributed by atoms with E-state index in [-0.39, 0.29) is 17.2 Å². The Morgan fingerprint density at radius 2 is 1.73 bits per heavy atom. The van der Waals surface area contributed by atoms with Gasteiger partial charge in [0.2, 0.25) is 0 Å². The second-order valence-corrected chi connectivity index (χ2v) is 9.51. The molecule has 40 heavy (non-hydrogen) atoms. The molecule has 3 aromatic rings. The molecule has 0 radical (unpaired) electrons. The number of alkyl halides is 3. The van der Waals surface area contributed by atoms with Gasteiger partial charge in [-0.2, -0.15) is 18.3 Å². The number of hydrazone groups is 1. The van der Waals surface area contributed by atoms with Crippen LogP contribution in [0.5, 0.6) is 11.5 Å². The van der Waals surface area contributed by atoms with E-state index in [1.165, 1.54) is 31.5 Å². The van der Waals surface area contributed by atoms with Gasteiger partial charge in [-0.15, -0.1) is 0 Å². The molecule has 0 atom stereocenters. The number of methoxy groups -OCH3 is 1. The number of carbonyl (C=O) groups is 3. The molecular formula is C27H24F3IN4O5. The number of hydrogen-bond donors (Lipinski definition) is 3. The Kier molecular flexibility index (Phi) is 10.1. The van der Waals surface area contributed by atoms with Crippen LogP contribution in [0.3, 0.4) is 0 Å². The Morgan fingerprint density at radius 3 is 2.42 bits per heavy atom. The number of hydrogen-bond acceptors (Lipinski definition) is 6. The molecule has 210 valence electrons. The lowest BCUT2D eigenvalue weighted by Gasteiger charge is -2.14. The molecule has 3 amide bonds. The summed E-state index contributed by atoms with van der Waals surface area (Å²) < 4.78 is 50.1. The summed E-state index contributed by atoms with van der Waals surface area (Å²) in [5, 5.41) is 8.70. The highest BCUT2D eigenvalue weighted by Crippen LogP contribution is 2.34. The van der Waals surface area contributed by atoms with Crippen molar-refractivity contribution >= 4 is 57.9 Å². The van der Waals surface area contributed by atoms with Crippen molar-refractivity contribution in [2.75, 3.05) is 24.4 Å². The summed E-state index contributed by atoms with van der Waals surface area (Å²) in [6, 6.07) is 12.7. The van der Waals surface area contributed by atoms with Crippen LogP contribution in [0.2, 0.25) is 0 Å². The molecular weight excluding hydrogens is 644 g/mol. The molecule has 0 aliphatic rings. The van der Waals surface area contributed by atoms with Crippen LogP contribution in [0.4, 0.5) is 24.5 Å². The number of carbonyl (C=O) groups excluding carboxylic acids is 3. The molecule has 0 heterocycles. The summed E-state index contributed by atoms with van der Waals surface area (Å²) >= 11 is 1.94. The standard InChI is InChI=1S/C27H24F3IN4O5/c1-15-6-4-9-21(16(15)2)34-25(37)26(38)35-32-13-17-10-20(31)24(22(11-17)39-3)40-14-23(36)33-19-8-5-7-18(12-19)27(28,29)30/h4-13H,14H2,1-3H3,(H,33,36)(H,34,37)(H,35,38)/b32-13+. The van der Waals surface area contributed by atoms with Gasteiger partial charge in [-0.25, -0.2) is 5.43 Å². The lowest BCUT2D eigenvalue weighted by Crippen LogP contribution is -2.32. The molecule has 0 saturated carbocycles. The number of nitrogens with one attached hydrogen (secondary N) is 3. The molecule has 0 saturated heterocycles. The molecule has 0 aliphatic heterocycles. The molecule has 0 unspecified atom stereocenters. The molecule has 0 spiro atoms. The van der Waals surface area contributed by atoms with Crippen LogP contribution < -0.4 is 25.5 Å². The SMILES string of the molecule is COc1cc(/C=N/NC(=O)C(=O)Nc2cccc(C)c2C)cc(I)c1OCC(=O)Nc1cccc(C(F)(F)F)c1. The first kappa shape index (κ1) is 30.4. The minimum Gasteiger partial charge on any atom is -0.493 e. The highest BCUT2D eigenvalue weighted by atomic mass is 127. The lowest BCUT2D eigenvalue weighted by molar-refractivity contribution is -0.137. The third kappa shape index (κ3) is 8.18. The monoisotopic (exact) mass is 668 g/mol. The van der Waals surface area contributed by atoms with Gasteiger partial charge in [-0.3, -0.25) is 14.4 Å². The normalized spacial score (nSPS) is 11.2. The van der Waals surface area contributed by atoms with E-state index in [1.54, 1.807) is 18.2 Å². The Morgan fingerprint density at radius 1 is 1.00 bits per heavy atom. The number of amides is 3. The zero-order valence-corrected chi connectivity index (χ0v) is 23.6. The highest BCUT2D eigenvalue weighted by molar-refractivity contribution is 14.1. The molecule has 0 bridgehead atoms. The van der Waals surface area contributed by atoms with Crippen molar-refractivity contribution in [1.82, 2.24) is 5.43 Å². The first-order chi connectivity index (χ1) is 18.9. The Bertz CT molecular complexity index is 1460. The zero-order chi connectivity index (χ0) is 29.4. The van der Waals surface area contributed by atoms with E-state index >= 15 is 0 Å². The fourth-order valence-corrected chi connectivity index (χ4v) is 4.13. The van der Waals surface area contributed by atoms with Gasteiger partial charge in [0.25, 0.3) is 5.91 Å². The fourth-order valence-electron chi connectivity index (χ4n) is 3.34. The van der Waals surface area contributed by atoms with Gasteiger partial charge in [0.1, 0.15) is 0 Å². The molecule has 0 fully saturated rings. The summed E-state index contributed by atoms with van der Waals surface area (Å²) in [6.07, 6.45) is -3.25. The minimum atomic E-state index is -4.54. The van der Waals surface area contributed by atoms with Crippen LogP contribution in [-0.2, 0) is 20.6 Å². The summed E-state index contributed by atoms with van der Waals surface area (Å²) in [5.41, 5.74) is 4.04. The van der Waals surface area contributed by atoms with Crippen LogP contribution in [0.1, 0.15) is 22.3 Å². The second kappa shape index (κ2) is 13.3. The summed E-state index contributed by atoms with van der Waals surface area (Å²) in [4.78, 5) is 36.6. The second-order valence-electron chi connectivity index (χ2n) is 8.35. The van der Waals surface area contributed by atoms with E-state index in [0.29, 0.717) is 14.8 Å². The van der Waals surface area contributed by atoms with Crippen LogP contribution in [0.25, 0.3) is 0 Å². The maximum Gasteiger partial charge on any atom is 0.416 e. The quantitative estimate of drug-likeness (QED) is 0.135. The van der Waals surface area contributed by atoms with Crippen molar-refractivity contribution in [3.05, 3.63) is 80.4 Å². The molecule has 13 heteroatoms. The van der Waals surface area contributed by atoms with E-state index in [0.717, 1.165) is 23.3 Å². The summed E-state index contributed by atoms with van der Waals surface area (Å²) in [5.74, 6) is -2.07. The predicted octanol–water partition coefficient (Wildman–Crippen LogP) is 5.04. The average molecular weight is 668 g/mol. The smallest absolute Gasteiger partial charge is 0.416 e. The van der Waals surface area contributed by atoms with Gasteiger partial charge in [0.05, 0.1) is 22.5 Å². The maximum absolute atomic E-state index is 12.9. The Balaban J connectivity index is 1.60. The molecule has 3 N–H and O–H groups in total. The van der Waals surface area contributed by atoms with Crippen molar-refractivity contribution < 1.29 is 37.0 Å². The fraction of sp³-hybridized carbons (Fsp3) is 0.185. The number of anilines is 2. The minimum absolute atomic E-state index is 0.0265.